The number of hydrogen-bond acceptors (Lipinski definition) is 5. The first kappa shape index (κ1) is 15.5. The third-order valence-electron chi connectivity index (χ3n) is 3.26. The van der Waals surface area contributed by atoms with Gasteiger partial charge in [-0.1, -0.05) is 30.3 Å². The van der Waals surface area contributed by atoms with Crippen molar-refractivity contribution in [2.45, 2.75) is 12.6 Å². The van der Waals surface area contributed by atoms with Gasteiger partial charge in [-0.3, -0.25) is 4.79 Å². The molecule has 1 aliphatic heterocycles. The van der Waals surface area contributed by atoms with E-state index in [-0.39, 0.29) is 19.1 Å². The maximum Gasteiger partial charge on any atom is 0.331 e. The summed E-state index contributed by atoms with van der Waals surface area (Å²) in [5.41, 5.74) is 0.997. The van der Waals surface area contributed by atoms with Gasteiger partial charge in [0, 0.05) is 6.54 Å². The number of ether oxygens (including phenoxy) is 3. The molecule has 2 rings (SSSR count). The highest BCUT2D eigenvalue weighted by Gasteiger charge is 2.33. The molecule has 1 aromatic carbocycles. The van der Waals surface area contributed by atoms with Gasteiger partial charge in [-0.15, -0.1) is 0 Å². The summed E-state index contributed by atoms with van der Waals surface area (Å²) in [4.78, 5) is 25.3. The number of benzene rings is 1. The van der Waals surface area contributed by atoms with Crippen LogP contribution >= 0.6 is 0 Å². The van der Waals surface area contributed by atoms with Crippen LogP contribution in [0.25, 0.3) is 0 Å². The van der Waals surface area contributed by atoms with Crippen molar-refractivity contribution in [2.75, 3.05) is 33.5 Å². The molecule has 1 heterocycles. The Balaban J connectivity index is 1.84. The Hall–Kier alpha value is -1.92. The van der Waals surface area contributed by atoms with Crippen LogP contribution in [0.4, 0.5) is 0 Å². The van der Waals surface area contributed by atoms with Crippen LogP contribution in [0, 0.1) is 0 Å². The van der Waals surface area contributed by atoms with Crippen LogP contribution in [0.15, 0.2) is 30.3 Å². The lowest BCUT2D eigenvalue weighted by atomic mass is 10.2. The lowest BCUT2D eigenvalue weighted by Gasteiger charge is -2.33. The Morgan fingerprint density at radius 3 is 2.81 bits per heavy atom. The summed E-state index contributed by atoms with van der Waals surface area (Å²) in [7, 11) is 1.30. The van der Waals surface area contributed by atoms with Gasteiger partial charge in [-0.25, -0.2) is 4.79 Å². The van der Waals surface area contributed by atoms with Crippen LogP contribution in [-0.4, -0.2) is 56.3 Å². The third-order valence-corrected chi connectivity index (χ3v) is 3.26. The third kappa shape index (κ3) is 4.27. The van der Waals surface area contributed by atoms with Gasteiger partial charge in [0.05, 0.1) is 26.9 Å². The molecule has 1 aliphatic rings. The molecule has 114 valence electrons. The predicted molar refractivity (Wildman–Crippen MR) is 74.4 cm³/mol. The van der Waals surface area contributed by atoms with E-state index in [1.54, 1.807) is 0 Å². The molecule has 1 amide bonds. The van der Waals surface area contributed by atoms with E-state index in [1.165, 1.54) is 12.0 Å². The van der Waals surface area contributed by atoms with E-state index < -0.39 is 12.0 Å². The van der Waals surface area contributed by atoms with Crippen molar-refractivity contribution < 1.29 is 23.8 Å². The molecule has 0 saturated carbocycles. The lowest BCUT2D eigenvalue weighted by Crippen LogP contribution is -2.54. The fourth-order valence-corrected chi connectivity index (χ4v) is 2.15. The second-order valence-electron chi connectivity index (χ2n) is 4.68. The normalized spacial score (nSPS) is 18.3. The standard InChI is InChI=1S/C15H19NO5/c1-19-15(18)13-10-20-8-7-16(13)14(17)11-21-9-12-5-3-2-4-6-12/h2-6,13H,7-11H2,1H3. The van der Waals surface area contributed by atoms with Gasteiger partial charge in [0.15, 0.2) is 6.04 Å². The summed E-state index contributed by atoms with van der Waals surface area (Å²) in [6.45, 7) is 1.24. The molecule has 0 spiro atoms. The van der Waals surface area contributed by atoms with Crippen LogP contribution in [0.3, 0.4) is 0 Å². The highest BCUT2D eigenvalue weighted by molar-refractivity contribution is 5.85. The van der Waals surface area contributed by atoms with E-state index in [2.05, 4.69) is 0 Å². The predicted octanol–water partition coefficient (Wildman–Crippen LogP) is 0.604. The van der Waals surface area contributed by atoms with Gasteiger partial charge in [-0.05, 0) is 5.56 Å². The van der Waals surface area contributed by atoms with E-state index in [0.29, 0.717) is 19.8 Å². The first-order chi connectivity index (χ1) is 10.2. The van der Waals surface area contributed by atoms with Crippen molar-refractivity contribution >= 4 is 11.9 Å². The second-order valence-corrected chi connectivity index (χ2v) is 4.68. The van der Waals surface area contributed by atoms with Crippen molar-refractivity contribution in [1.29, 1.82) is 0 Å². The van der Waals surface area contributed by atoms with Crippen LogP contribution in [0.5, 0.6) is 0 Å². The number of nitrogens with zero attached hydrogens (tertiary/aromatic N) is 1. The van der Waals surface area contributed by atoms with Gasteiger partial charge in [-0.2, -0.15) is 0 Å². The van der Waals surface area contributed by atoms with Gasteiger partial charge < -0.3 is 19.1 Å². The summed E-state index contributed by atoms with van der Waals surface area (Å²) in [6.07, 6.45) is 0. The summed E-state index contributed by atoms with van der Waals surface area (Å²) in [5, 5.41) is 0. The molecular weight excluding hydrogens is 274 g/mol. The Morgan fingerprint density at radius 1 is 1.33 bits per heavy atom. The molecule has 21 heavy (non-hydrogen) atoms. The molecule has 0 aliphatic carbocycles. The average molecular weight is 293 g/mol. The minimum absolute atomic E-state index is 0.0671. The zero-order valence-corrected chi connectivity index (χ0v) is 12.0. The molecule has 0 bridgehead atoms. The lowest BCUT2D eigenvalue weighted by molar-refractivity contribution is -0.162. The fraction of sp³-hybridized carbons (Fsp3) is 0.467. The maximum absolute atomic E-state index is 12.2. The highest BCUT2D eigenvalue weighted by atomic mass is 16.5. The first-order valence-corrected chi connectivity index (χ1v) is 6.79. The summed E-state index contributed by atoms with van der Waals surface area (Å²) >= 11 is 0. The highest BCUT2D eigenvalue weighted by Crippen LogP contribution is 2.10. The molecule has 1 atom stereocenters. The van der Waals surface area contributed by atoms with Crippen molar-refractivity contribution in [1.82, 2.24) is 4.90 Å². The Bertz CT molecular complexity index is 476. The molecule has 0 radical (unpaired) electrons. The molecule has 1 unspecified atom stereocenters. The van der Waals surface area contributed by atoms with Crippen LogP contribution < -0.4 is 0 Å². The number of amides is 1. The second kappa shape index (κ2) is 7.75. The smallest absolute Gasteiger partial charge is 0.331 e. The van der Waals surface area contributed by atoms with Gasteiger partial charge >= 0.3 is 5.97 Å². The first-order valence-electron chi connectivity index (χ1n) is 6.79. The topological polar surface area (TPSA) is 65.1 Å². The van der Waals surface area contributed by atoms with E-state index in [4.69, 9.17) is 14.2 Å². The summed E-state index contributed by atoms with van der Waals surface area (Å²) < 4.78 is 15.3. The van der Waals surface area contributed by atoms with Crippen molar-refractivity contribution in [3.63, 3.8) is 0 Å². The van der Waals surface area contributed by atoms with Crippen molar-refractivity contribution in [3.05, 3.63) is 35.9 Å². The molecule has 0 N–H and O–H groups in total. The van der Waals surface area contributed by atoms with Crippen LogP contribution in [0.1, 0.15) is 5.56 Å². The Labute approximate surface area is 123 Å². The molecule has 6 heteroatoms. The monoisotopic (exact) mass is 293 g/mol. The van der Waals surface area contributed by atoms with Crippen LogP contribution in [-0.2, 0) is 30.4 Å². The number of carbonyl (C=O) groups excluding carboxylic acids is 2. The molecule has 1 aromatic rings. The Kier molecular flexibility index (Phi) is 5.71. The van der Waals surface area contributed by atoms with Gasteiger partial charge in [0.1, 0.15) is 6.61 Å². The fourth-order valence-electron chi connectivity index (χ4n) is 2.15. The molecule has 6 nitrogen and oxygen atoms in total. The quantitative estimate of drug-likeness (QED) is 0.744. The molecule has 0 aromatic heterocycles. The molecule has 1 fully saturated rings. The Morgan fingerprint density at radius 2 is 2.10 bits per heavy atom. The van der Waals surface area contributed by atoms with E-state index >= 15 is 0 Å². The molecule has 1 saturated heterocycles. The number of rotatable bonds is 5. The number of methoxy groups -OCH3 is 1. The van der Waals surface area contributed by atoms with Crippen LogP contribution in [0.2, 0.25) is 0 Å². The summed E-state index contributed by atoms with van der Waals surface area (Å²) in [6, 6.07) is 8.92. The zero-order chi connectivity index (χ0) is 15.1. The van der Waals surface area contributed by atoms with E-state index in [9.17, 15) is 9.59 Å². The van der Waals surface area contributed by atoms with Gasteiger partial charge in [0.2, 0.25) is 5.91 Å². The SMILES string of the molecule is COC(=O)C1COCCN1C(=O)COCc1ccccc1. The number of hydrogen-bond donors (Lipinski definition) is 0. The largest absolute Gasteiger partial charge is 0.467 e. The summed E-state index contributed by atoms with van der Waals surface area (Å²) in [5.74, 6) is -0.698. The minimum Gasteiger partial charge on any atom is -0.467 e. The number of carbonyl (C=O) groups is 2. The number of esters is 1. The van der Waals surface area contributed by atoms with E-state index in [0.717, 1.165) is 5.56 Å². The van der Waals surface area contributed by atoms with Crippen molar-refractivity contribution in [3.8, 4) is 0 Å². The maximum atomic E-state index is 12.2. The van der Waals surface area contributed by atoms with E-state index in [1.807, 2.05) is 30.3 Å². The van der Waals surface area contributed by atoms with Gasteiger partial charge in [0.25, 0.3) is 0 Å². The average Bonchev–Trinajstić information content (AvgIpc) is 2.55. The number of morpholine rings is 1. The zero-order valence-electron chi connectivity index (χ0n) is 12.0. The molecular formula is C15H19NO5. The minimum atomic E-state index is -0.684. The van der Waals surface area contributed by atoms with Crippen molar-refractivity contribution in [2.24, 2.45) is 0 Å².